The topological polar surface area (TPSA) is 20.2 Å². The zero-order valence-corrected chi connectivity index (χ0v) is 11.8. The highest BCUT2D eigenvalue weighted by Gasteiger charge is 2.40. The van der Waals surface area contributed by atoms with Crippen LogP contribution in [0.4, 0.5) is 0 Å². The number of hydrogen-bond donors (Lipinski definition) is 1. The second kappa shape index (κ2) is 4.35. The van der Waals surface area contributed by atoms with E-state index in [1.54, 1.807) is 0 Å². The smallest absolute Gasteiger partial charge is 0.0907 e. The number of rotatable bonds is 1. The Bertz CT molecular complexity index is 594. The standard InChI is InChI=1S/C18H22O/c1-17(2)11-6-12-18(19,13-17)16-10-5-8-14-7-3-4-9-15(14)16/h3-5,7-10,19H,6,11-13H2,1-2H3. The van der Waals surface area contributed by atoms with Gasteiger partial charge in [-0.05, 0) is 47.4 Å². The molecule has 19 heavy (non-hydrogen) atoms. The fourth-order valence-corrected chi connectivity index (χ4v) is 3.69. The summed E-state index contributed by atoms with van der Waals surface area (Å²) in [5, 5.41) is 13.6. The number of hydrogen-bond acceptors (Lipinski definition) is 1. The first-order valence-corrected chi connectivity index (χ1v) is 7.21. The molecule has 0 aliphatic heterocycles. The zero-order chi connectivity index (χ0) is 13.5. The van der Waals surface area contributed by atoms with Crippen LogP contribution in [0.1, 0.15) is 45.1 Å². The summed E-state index contributed by atoms with van der Waals surface area (Å²) in [6.45, 7) is 4.53. The number of fused-ring (bicyclic) bond motifs is 1. The highest BCUT2D eigenvalue weighted by molar-refractivity contribution is 5.86. The van der Waals surface area contributed by atoms with Crippen molar-refractivity contribution in [3.8, 4) is 0 Å². The summed E-state index contributed by atoms with van der Waals surface area (Å²) < 4.78 is 0. The summed E-state index contributed by atoms with van der Waals surface area (Å²) >= 11 is 0. The Hall–Kier alpha value is -1.34. The van der Waals surface area contributed by atoms with Crippen LogP contribution in [-0.2, 0) is 5.60 Å². The normalized spacial score (nSPS) is 26.5. The third-order valence-electron chi connectivity index (χ3n) is 4.51. The zero-order valence-electron chi connectivity index (χ0n) is 11.8. The molecule has 1 nitrogen and oxygen atoms in total. The van der Waals surface area contributed by atoms with Gasteiger partial charge in [-0.1, -0.05) is 56.3 Å². The highest BCUT2D eigenvalue weighted by atomic mass is 16.3. The third kappa shape index (κ3) is 2.28. The van der Waals surface area contributed by atoms with Crippen molar-refractivity contribution in [2.24, 2.45) is 5.41 Å². The van der Waals surface area contributed by atoms with Crippen LogP contribution in [0, 0.1) is 5.41 Å². The minimum Gasteiger partial charge on any atom is -0.385 e. The van der Waals surface area contributed by atoms with E-state index in [0.29, 0.717) is 0 Å². The molecule has 100 valence electrons. The Kier molecular flexibility index (Phi) is 2.90. The van der Waals surface area contributed by atoms with Gasteiger partial charge in [0.1, 0.15) is 0 Å². The van der Waals surface area contributed by atoms with Crippen LogP contribution in [0.3, 0.4) is 0 Å². The maximum Gasteiger partial charge on any atom is 0.0907 e. The quantitative estimate of drug-likeness (QED) is 0.786. The first-order chi connectivity index (χ1) is 9.00. The fourth-order valence-electron chi connectivity index (χ4n) is 3.69. The molecule has 0 aromatic heterocycles. The van der Waals surface area contributed by atoms with Gasteiger partial charge in [-0.3, -0.25) is 0 Å². The minimum atomic E-state index is -0.664. The minimum absolute atomic E-state index is 0.226. The van der Waals surface area contributed by atoms with Crippen LogP contribution in [0.5, 0.6) is 0 Å². The molecule has 1 aliphatic rings. The second-order valence-corrected chi connectivity index (χ2v) is 6.75. The Morgan fingerprint density at radius 3 is 2.47 bits per heavy atom. The predicted octanol–water partition coefficient (Wildman–Crippen LogP) is 4.63. The molecule has 0 radical (unpaired) electrons. The lowest BCUT2D eigenvalue weighted by Crippen LogP contribution is -2.36. The first-order valence-electron chi connectivity index (χ1n) is 7.21. The molecule has 3 rings (SSSR count). The molecule has 0 amide bonds. The molecule has 1 heteroatoms. The number of benzene rings is 2. The average molecular weight is 254 g/mol. The van der Waals surface area contributed by atoms with E-state index in [9.17, 15) is 5.11 Å². The van der Waals surface area contributed by atoms with Gasteiger partial charge >= 0.3 is 0 Å². The summed E-state index contributed by atoms with van der Waals surface area (Å²) in [4.78, 5) is 0. The van der Waals surface area contributed by atoms with Gasteiger partial charge in [-0.25, -0.2) is 0 Å². The molecular weight excluding hydrogens is 232 g/mol. The summed E-state index contributed by atoms with van der Waals surface area (Å²) in [5.41, 5.74) is 0.672. The van der Waals surface area contributed by atoms with E-state index >= 15 is 0 Å². The van der Waals surface area contributed by atoms with Gasteiger partial charge in [-0.15, -0.1) is 0 Å². The van der Waals surface area contributed by atoms with Crippen molar-refractivity contribution in [1.29, 1.82) is 0 Å². The van der Waals surface area contributed by atoms with Gasteiger partial charge in [0.15, 0.2) is 0 Å². The van der Waals surface area contributed by atoms with Crippen LogP contribution in [0.2, 0.25) is 0 Å². The van der Waals surface area contributed by atoms with Crippen molar-refractivity contribution in [3.05, 3.63) is 48.0 Å². The molecule has 2 aromatic carbocycles. The molecule has 0 heterocycles. The van der Waals surface area contributed by atoms with E-state index in [-0.39, 0.29) is 5.41 Å². The van der Waals surface area contributed by atoms with Crippen molar-refractivity contribution in [2.45, 2.75) is 45.1 Å². The van der Waals surface area contributed by atoms with E-state index in [2.05, 4.69) is 56.3 Å². The Morgan fingerprint density at radius 1 is 0.947 bits per heavy atom. The van der Waals surface area contributed by atoms with Crippen molar-refractivity contribution >= 4 is 10.8 Å². The van der Waals surface area contributed by atoms with Crippen molar-refractivity contribution in [3.63, 3.8) is 0 Å². The van der Waals surface area contributed by atoms with Gasteiger partial charge in [0.2, 0.25) is 0 Å². The molecular formula is C18H22O. The SMILES string of the molecule is CC1(C)CCCC(O)(c2cccc3ccccc23)C1. The lowest BCUT2D eigenvalue weighted by atomic mass is 9.67. The van der Waals surface area contributed by atoms with E-state index in [1.807, 2.05) is 0 Å². The molecule has 1 saturated carbocycles. The highest BCUT2D eigenvalue weighted by Crippen LogP contribution is 2.47. The molecule has 2 aromatic rings. The molecule has 1 unspecified atom stereocenters. The monoisotopic (exact) mass is 254 g/mol. The lowest BCUT2D eigenvalue weighted by Gasteiger charge is -2.42. The first kappa shape index (κ1) is 12.7. The molecule has 0 saturated heterocycles. The van der Waals surface area contributed by atoms with Gasteiger partial charge < -0.3 is 5.11 Å². The fraction of sp³-hybridized carbons (Fsp3) is 0.444. The Labute approximate surface area is 115 Å². The van der Waals surface area contributed by atoms with Crippen LogP contribution in [-0.4, -0.2) is 5.11 Å². The maximum absolute atomic E-state index is 11.2. The molecule has 0 bridgehead atoms. The van der Waals surface area contributed by atoms with Crippen LogP contribution in [0.15, 0.2) is 42.5 Å². The molecule has 1 aliphatic carbocycles. The van der Waals surface area contributed by atoms with Gasteiger partial charge in [0, 0.05) is 0 Å². The van der Waals surface area contributed by atoms with E-state index < -0.39 is 5.60 Å². The largest absolute Gasteiger partial charge is 0.385 e. The van der Waals surface area contributed by atoms with Crippen molar-refractivity contribution in [2.75, 3.05) is 0 Å². The molecule has 1 fully saturated rings. The maximum atomic E-state index is 11.2. The number of aliphatic hydroxyl groups is 1. The van der Waals surface area contributed by atoms with E-state index in [0.717, 1.165) is 24.8 Å². The van der Waals surface area contributed by atoms with Gasteiger partial charge in [-0.2, -0.15) is 0 Å². The van der Waals surface area contributed by atoms with E-state index in [1.165, 1.54) is 17.2 Å². The van der Waals surface area contributed by atoms with Crippen LogP contribution in [0.25, 0.3) is 10.8 Å². The van der Waals surface area contributed by atoms with Crippen molar-refractivity contribution in [1.82, 2.24) is 0 Å². The molecule has 1 atom stereocenters. The molecule has 1 N–H and O–H groups in total. The van der Waals surface area contributed by atoms with Crippen LogP contribution >= 0.6 is 0 Å². The van der Waals surface area contributed by atoms with E-state index in [4.69, 9.17) is 0 Å². The average Bonchev–Trinajstić information content (AvgIpc) is 2.36. The van der Waals surface area contributed by atoms with Gasteiger partial charge in [0.05, 0.1) is 5.60 Å². The van der Waals surface area contributed by atoms with Gasteiger partial charge in [0.25, 0.3) is 0 Å². The van der Waals surface area contributed by atoms with Crippen LogP contribution < -0.4 is 0 Å². The summed E-state index contributed by atoms with van der Waals surface area (Å²) in [7, 11) is 0. The Morgan fingerprint density at radius 2 is 1.68 bits per heavy atom. The van der Waals surface area contributed by atoms with Crippen molar-refractivity contribution < 1.29 is 5.11 Å². The molecule has 0 spiro atoms. The second-order valence-electron chi connectivity index (χ2n) is 6.75. The lowest BCUT2D eigenvalue weighted by molar-refractivity contribution is -0.0428. The summed E-state index contributed by atoms with van der Waals surface area (Å²) in [5.74, 6) is 0. The Balaban J connectivity index is 2.13. The third-order valence-corrected chi connectivity index (χ3v) is 4.51. The predicted molar refractivity (Wildman–Crippen MR) is 80.1 cm³/mol. The summed E-state index contributed by atoms with van der Waals surface area (Å²) in [6.07, 6.45) is 4.05. The summed E-state index contributed by atoms with van der Waals surface area (Å²) in [6, 6.07) is 14.7.